The van der Waals surface area contributed by atoms with Crippen LogP contribution in [-0.2, 0) is 9.53 Å². The van der Waals surface area contributed by atoms with Gasteiger partial charge in [-0.15, -0.1) is 10.2 Å². The number of carbonyl (C=O) groups is 1. The molecule has 4 rings (SSSR count). The lowest BCUT2D eigenvalue weighted by molar-refractivity contribution is -0.139. The highest BCUT2D eigenvalue weighted by molar-refractivity contribution is 8.00. The van der Waals surface area contributed by atoms with Crippen molar-refractivity contribution in [2.75, 3.05) is 21.3 Å². The van der Waals surface area contributed by atoms with Crippen molar-refractivity contribution in [3.8, 4) is 28.6 Å². The van der Waals surface area contributed by atoms with Crippen LogP contribution < -0.4 is 9.47 Å². The van der Waals surface area contributed by atoms with Gasteiger partial charge in [0.2, 0.25) is 0 Å². The van der Waals surface area contributed by atoms with Crippen LogP contribution in [0.4, 0.5) is 0 Å². The van der Waals surface area contributed by atoms with Crippen LogP contribution in [0, 0.1) is 0 Å². The Kier molecular flexibility index (Phi) is 5.85. The molecule has 160 valence electrons. The molecular weight excluding hydrogens is 416 g/mol. The lowest BCUT2D eigenvalue weighted by Gasteiger charge is -2.16. The van der Waals surface area contributed by atoms with Gasteiger partial charge in [-0.25, -0.2) is 0 Å². The molecule has 2 heterocycles. The van der Waals surface area contributed by atoms with Gasteiger partial charge < -0.3 is 19.2 Å². The van der Waals surface area contributed by atoms with Crippen LogP contribution in [0.25, 0.3) is 28.0 Å². The number of hydrogen-bond acceptors (Lipinski definition) is 7. The van der Waals surface area contributed by atoms with Crippen LogP contribution in [-0.4, -0.2) is 52.3 Å². The second-order valence-corrected chi connectivity index (χ2v) is 8.02. The minimum Gasteiger partial charge on any atom is -0.497 e. The molecular formula is C22H22N4O4S. The largest absolute Gasteiger partial charge is 0.497 e. The van der Waals surface area contributed by atoms with E-state index in [0.717, 1.165) is 16.5 Å². The Hall–Kier alpha value is -3.46. The van der Waals surface area contributed by atoms with Gasteiger partial charge in [-0.05, 0) is 25.1 Å². The summed E-state index contributed by atoms with van der Waals surface area (Å²) < 4.78 is 17.8. The number of thioether (sulfide) groups is 1. The number of H-pyrrole nitrogens is 1. The predicted octanol–water partition coefficient (Wildman–Crippen LogP) is 4.09. The first-order valence-corrected chi connectivity index (χ1v) is 10.4. The summed E-state index contributed by atoms with van der Waals surface area (Å²) in [6.07, 6.45) is 1.90. The van der Waals surface area contributed by atoms with Gasteiger partial charge in [-0.1, -0.05) is 30.0 Å². The summed E-state index contributed by atoms with van der Waals surface area (Å²) in [6.45, 7) is 1.77. The van der Waals surface area contributed by atoms with E-state index < -0.39 is 5.25 Å². The van der Waals surface area contributed by atoms with Crippen LogP contribution in [0.5, 0.6) is 11.5 Å². The highest BCUT2D eigenvalue weighted by atomic mass is 32.2. The first kappa shape index (κ1) is 20.8. The van der Waals surface area contributed by atoms with E-state index in [4.69, 9.17) is 14.2 Å². The summed E-state index contributed by atoms with van der Waals surface area (Å²) in [5.74, 6) is 1.55. The average molecular weight is 439 g/mol. The number of methoxy groups -OCH3 is 3. The average Bonchev–Trinajstić information content (AvgIpc) is 3.41. The van der Waals surface area contributed by atoms with Crippen molar-refractivity contribution >= 4 is 28.6 Å². The molecule has 0 saturated heterocycles. The number of aromatic nitrogens is 4. The molecule has 1 unspecified atom stereocenters. The zero-order valence-electron chi connectivity index (χ0n) is 17.6. The number of carbonyl (C=O) groups excluding carboxylic acids is 1. The van der Waals surface area contributed by atoms with E-state index in [1.54, 1.807) is 21.1 Å². The summed E-state index contributed by atoms with van der Waals surface area (Å²) in [5, 5.41) is 9.95. The van der Waals surface area contributed by atoms with Crippen molar-refractivity contribution in [1.82, 2.24) is 19.7 Å². The zero-order valence-corrected chi connectivity index (χ0v) is 18.4. The third kappa shape index (κ3) is 3.84. The smallest absolute Gasteiger partial charge is 0.318 e. The van der Waals surface area contributed by atoms with E-state index >= 15 is 0 Å². The standard InChI is InChI=1S/C22H22N4O4S/c1-13(21(27)30-4)31-22-25-24-20(16-12-23-17-8-6-5-7-15(16)17)26(22)18-11-14(28-2)9-10-19(18)29-3/h5-13,23H,1-4H3. The van der Waals surface area contributed by atoms with E-state index in [-0.39, 0.29) is 5.97 Å². The number of esters is 1. The van der Waals surface area contributed by atoms with Crippen LogP contribution >= 0.6 is 11.8 Å². The molecule has 2 aromatic carbocycles. The molecule has 0 saturated carbocycles. The maximum Gasteiger partial charge on any atom is 0.318 e. The fourth-order valence-corrected chi connectivity index (χ4v) is 4.22. The lowest BCUT2D eigenvalue weighted by Crippen LogP contribution is -2.15. The van der Waals surface area contributed by atoms with Gasteiger partial charge >= 0.3 is 5.97 Å². The lowest BCUT2D eigenvalue weighted by atomic mass is 10.1. The van der Waals surface area contributed by atoms with E-state index in [1.165, 1.54) is 18.9 Å². The summed E-state index contributed by atoms with van der Waals surface area (Å²) in [6, 6.07) is 13.5. The number of aromatic amines is 1. The highest BCUT2D eigenvalue weighted by Gasteiger charge is 2.25. The Bertz CT molecular complexity index is 1230. The van der Waals surface area contributed by atoms with E-state index in [1.807, 2.05) is 53.2 Å². The molecule has 8 nitrogen and oxygen atoms in total. The molecule has 0 aliphatic rings. The van der Waals surface area contributed by atoms with Crippen LogP contribution in [0.2, 0.25) is 0 Å². The number of nitrogens with zero attached hydrogens (tertiary/aromatic N) is 3. The molecule has 0 radical (unpaired) electrons. The van der Waals surface area contributed by atoms with Crippen molar-refractivity contribution < 1.29 is 19.0 Å². The van der Waals surface area contributed by atoms with Gasteiger partial charge in [0.25, 0.3) is 0 Å². The van der Waals surface area contributed by atoms with Crippen molar-refractivity contribution in [2.24, 2.45) is 0 Å². The number of fused-ring (bicyclic) bond motifs is 1. The van der Waals surface area contributed by atoms with Gasteiger partial charge in [-0.3, -0.25) is 9.36 Å². The highest BCUT2D eigenvalue weighted by Crippen LogP contribution is 2.37. The van der Waals surface area contributed by atoms with Gasteiger partial charge in [0.15, 0.2) is 11.0 Å². The second-order valence-electron chi connectivity index (χ2n) is 6.71. The molecule has 0 amide bonds. The molecule has 0 bridgehead atoms. The fraction of sp³-hybridized carbons (Fsp3) is 0.227. The number of rotatable bonds is 7. The van der Waals surface area contributed by atoms with Crippen molar-refractivity contribution in [1.29, 1.82) is 0 Å². The van der Waals surface area contributed by atoms with Gasteiger partial charge in [0.1, 0.15) is 16.7 Å². The topological polar surface area (TPSA) is 91.3 Å². The van der Waals surface area contributed by atoms with Gasteiger partial charge in [0, 0.05) is 28.7 Å². The number of ether oxygens (including phenoxy) is 3. The molecule has 0 fully saturated rings. The monoisotopic (exact) mass is 438 g/mol. The van der Waals surface area contributed by atoms with Crippen LogP contribution in [0.1, 0.15) is 6.92 Å². The molecule has 2 aromatic heterocycles. The quantitative estimate of drug-likeness (QED) is 0.343. The molecule has 1 atom stereocenters. The van der Waals surface area contributed by atoms with Crippen molar-refractivity contribution in [3.05, 3.63) is 48.7 Å². The maximum absolute atomic E-state index is 12.0. The minimum atomic E-state index is -0.472. The Balaban J connectivity index is 1.94. The van der Waals surface area contributed by atoms with Gasteiger partial charge in [0.05, 0.1) is 27.0 Å². The first-order chi connectivity index (χ1) is 15.1. The zero-order chi connectivity index (χ0) is 22.0. The predicted molar refractivity (Wildman–Crippen MR) is 119 cm³/mol. The number of para-hydroxylation sites is 1. The summed E-state index contributed by atoms with van der Waals surface area (Å²) in [7, 11) is 4.57. The number of hydrogen-bond donors (Lipinski definition) is 1. The molecule has 9 heteroatoms. The van der Waals surface area contributed by atoms with E-state index in [9.17, 15) is 4.79 Å². The Morgan fingerprint density at radius 1 is 1.10 bits per heavy atom. The summed E-state index contributed by atoms with van der Waals surface area (Å²) in [5.41, 5.74) is 2.57. The van der Waals surface area contributed by atoms with Crippen LogP contribution in [0.15, 0.2) is 53.8 Å². The van der Waals surface area contributed by atoms with E-state index in [2.05, 4.69) is 15.2 Å². The van der Waals surface area contributed by atoms with Crippen molar-refractivity contribution in [2.45, 2.75) is 17.3 Å². The molecule has 0 spiro atoms. The molecule has 0 aliphatic carbocycles. The summed E-state index contributed by atoms with van der Waals surface area (Å²) >= 11 is 1.26. The third-order valence-corrected chi connectivity index (χ3v) is 5.93. The second kappa shape index (κ2) is 8.73. The molecule has 1 N–H and O–H groups in total. The minimum absolute atomic E-state index is 0.342. The molecule has 31 heavy (non-hydrogen) atoms. The first-order valence-electron chi connectivity index (χ1n) is 9.56. The van der Waals surface area contributed by atoms with E-state index in [0.29, 0.717) is 28.2 Å². The Morgan fingerprint density at radius 3 is 2.65 bits per heavy atom. The Morgan fingerprint density at radius 2 is 1.90 bits per heavy atom. The normalized spacial score (nSPS) is 12.0. The van der Waals surface area contributed by atoms with Crippen molar-refractivity contribution in [3.63, 3.8) is 0 Å². The third-order valence-electron chi connectivity index (χ3n) is 4.91. The Labute approximate surface area is 183 Å². The fourth-order valence-electron chi connectivity index (χ4n) is 3.34. The molecule has 0 aliphatic heterocycles. The molecule has 4 aromatic rings. The summed E-state index contributed by atoms with van der Waals surface area (Å²) in [4.78, 5) is 15.3. The maximum atomic E-state index is 12.0. The SMILES string of the molecule is COC(=O)C(C)Sc1nnc(-c2c[nH]c3ccccc23)n1-c1cc(OC)ccc1OC. The number of benzene rings is 2. The van der Waals surface area contributed by atoms with Crippen LogP contribution in [0.3, 0.4) is 0 Å². The number of nitrogens with one attached hydrogen (secondary N) is 1. The van der Waals surface area contributed by atoms with Gasteiger partial charge in [-0.2, -0.15) is 0 Å².